The Balaban J connectivity index is 1.93. The second-order valence-corrected chi connectivity index (χ2v) is 15.2. The molecule has 5 atom stereocenters. The van der Waals surface area contributed by atoms with Crippen LogP contribution in [0, 0.1) is 23.7 Å². The Morgan fingerprint density at radius 1 is 1.20 bits per heavy atom. The van der Waals surface area contributed by atoms with Crippen LogP contribution in [0.5, 0.6) is 0 Å². The van der Waals surface area contributed by atoms with Gasteiger partial charge < -0.3 is 9.16 Å². The summed E-state index contributed by atoms with van der Waals surface area (Å²) < 4.78 is 13.4. The van der Waals surface area contributed by atoms with E-state index in [1.54, 1.807) is 5.57 Å². The molecule has 3 heteroatoms. The number of allylic oxidation sites excluding steroid dienone is 1. The molecule has 0 aromatic rings. The van der Waals surface area contributed by atoms with Crippen molar-refractivity contribution < 1.29 is 9.16 Å². The standard InChI is InChI=1S/C22H38O2Si/c1-13(2)16-11-10-14(3)19-18-12-17(15(4)21(23-18)20(16)19)24-25(8,9)22(5,6)7/h10,13,16,18-21H,11-12H2,1-9H3/t16-,18-,19-,20-,21+/m1/s1. The minimum atomic E-state index is -1.80. The van der Waals surface area contributed by atoms with Crippen LogP contribution >= 0.6 is 0 Å². The van der Waals surface area contributed by atoms with Crippen LogP contribution in [0.15, 0.2) is 23.0 Å². The molecule has 3 aliphatic rings. The molecule has 0 radical (unpaired) electrons. The third-order valence-electron chi connectivity index (χ3n) is 7.51. The van der Waals surface area contributed by atoms with Gasteiger partial charge in [0, 0.05) is 18.3 Å². The van der Waals surface area contributed by atoms with Crippen LogP contribution in [0.3, 0.4) is 0 Å². The molecule has 2 heterocycles. The van der Waals surface area contributed by atoms with Crippen LogP contribution in [-0.4, -0.2) is 20.5 Å². The van der Waals surface area contributed by atoms with Crippen molar-refractivity contribution in [2.24, 2.45) is 23.7 Å². The molecule has 25 heavy (non-hydrogen) atoms. The monoisotopic (exact) mass is 362 g/mol. The average Bonchev–Trinajstić information content (AvgIpc) is 2.79. The molecule has 0 aromatic heterocycles. The quantitative estimate of drug-likeness (QED) is 0.433. The highest BCUT2D eigenvalue weighted by Crippen LogP contribution is 2.55. The van der Waals surface area contributed by atoms with Crippen molar-refractivity contribution >= 4 is 8.32 Å². The molecule has 1 aliphatic carbocycles. The molecule has 0 unspecified atom stereocenters. The third-order valence-corrected chi connectivity index (χ3v) is 11.9. The van der Waals surface area contributed by atoms with E-state index in [1.165, 1.54) is 17.8 Å². The molecular weight excluding hydrogens is 324 g/mol. The van der Waals surface area contributed by atoms with Crippen molar-refractivity contribution in [1.82, 2.24) is 0 Å². The van der Waals surface area contributed by atoms with E-state index in [0.29, 0.717) is 23.9 Å². The van der Waals surface area contributed by atoms with E-state index in [2.05, 4.69) is 67.6 Å². The number of rotatable bonds is 3. The fourth-order valence-corrected chi connectivity index (χ4v) is 6.04. The average molecular weight is 363 g/mol. The van der Waals surface area contributed by atoms with E-state index >= 15 is 0 Å². The van der Waals surface area contributed by atoms with Crippen LogP contribution in [0.25, 0.3) is 0 Å². The number of hydrogen-bond acceptors (Lipinski definition) is 2. The zero-order chi connectivity index (χ0) is 18.7. The highest BCUT2D eigenvalue weighted by Gasteiger charge is 2.54. The van der Waals surface area contributed by atoms with Gasteiger partial charge in [-0.3, -0.25) is 0 Å². The highest BCUT2D eigenvalue weighted by molar-refractivity contribution is 6.74. The summed E-state index contributed by atoms with van der Waals surface area (Å²) in [4.78, 5) is 0. The Bertz CT molecular complexity index is 594. The van der Waals surface area contributed by atoms with Gasteiger partial charge in [0.05, 0.1) is 18.0 Å². The van der Waals surface area contributed by atoms with Crippen LogP contribution in [0.1, 0.15) is 61.3 Å². The lowest BCUT2D eigenvalue weighted by Crippen LogP contribution is -2.42. The summed E-state index contributed by atoms with van der Waals surface area (Å²) in [7, 11) is -1.80. The van der Waals surface area contributed by atoms with Crippen molar-refractivity contribution in [3.63, 3.8) is 0 Å². The Hall–Kier alpha value is -0.543. The normalized spacial score (nSPS) is 35.8. The Morgan fingerprint density at radius 3 is 2.40 bits per heavy atom. The molecule has 0 spiro atoms. The molecule has 1 fully saturated rings. The summed E-state index contributed by atoms with van der Waals surface area (Å²) in [5, 5.41) is 0.237. The van der Waals surface area contributed by atoms with E-state index in [9.17, 15) is 0 Å². The van der Waals surface area contributed by atoms with E-state index < -0.39 is 8.32 Å². The van der Waals surface area contributed by atoms with Gasteiger partial charge in [0.1, 0.15) is 0 Å². The fourth-order valence-electron chi connectivity index (χ4n) is 4.87. The largest absolute Gasteiger partial charge is 0.546 e. The Kier molecular flexibility index (Phi) is 4.82. The summed E-state index contributed by atoms with van der Waals surface area (Å²) in [6, 6.07) is 0. The second kappa shape index (κ2) is 6.26. The minimum Gasteiger partial charge on any atom is -0.546 e. The molecule has 2 nitrogen and oxygen atoms in total. The lowest BCUT2D eigenvalue weighted by molar-refractivity contribution is 0.0217. The summed E-state index contributed by atoms with van der Waals surface area (Å²) in [6.07, 6.45) is 5.24. The van der Waals surface area contributed by atoms with Crippen molar-refractivity contribution in [2.45, 2.75) is 91.6 Å². The second-order valence-electron chi connectivity index (χ2n) is 10.5. The maximum Gasteiger partial charge on any atom is 0.250 e. The van der Waals surface area contributed by atoms with E-state index in [1.807, 2.05) is 0 Å². The van der Waals surface area contributed by atoms with Crippen LogP contribution in [0.4, 0.5) is 0 Å². The first kappa shape index (κ1) is 19.2. The Morgan fingerprint density at radius 2 is 1.84 bits per heavy atom. The number of ether oxygens (including phenoxy) is 1. The van der Waals surface area contributed by atoms with Crippen LogP contribution in [0.2, 0.25) is 18.1 Å². The van der Waals surface area contributed by atoms with Gasteiger partial charge >= 0.3 is 0 Å². The highest BCUT2D eigenvalue weighted by atomic mass is 28.4. The SMILES string of the molecule is CC1=CC[C@H](C(C)C)[C@@H]2[C@H]1[C@H]1CC(O[Si](C)(C)C(C)(C)C)=C(C)[C@@H]2O1. The van der Waals surface area contributed by atoms with Gasteiger partial charge in [-0.05, 0) is 55.8 Å². The first-order chi connectivity index (χ1) is 11.4. The molecule has 142 valence electrons. The van der Waals surface area contributed by atoms with E-state index in [4.69, 9.17) is 9.16 Å². The van der Waals surface area contributed by atoms with Gasteiger partial charge in [-0.2, -0.15) is 0 Å². The molecule has 0 saturated carbocycles. The lowest BCUT2D eigenvalue weighted by Gasteiger charge is -2.40. The maximum atomic E-state index is 6.79. The van der Waals surface area contributed by atoms with Gasteiger partial charge in [-0.25, -0.2) is 0 Å². The van der Waals surface area contributed by atoms with Crippen LogP contribution in [-0.2, 0) is 9.16 Å². The third kappa shape index (κ3) is 3.16. The van der Waals surface area contributed by atoms with Crippen molar-refractivity contribution in [2.75, 3.05) is 0 Å². The predicted octanol–water partition coefficient (Wildman–Crippen LogP) is 6.31. The fraction of sp³-hybridized carbons (Fsp3) is 0.818. The molecule has 2 bridgehead atoms. The molecule has 0 amide bonds. The van der Waals surface area contributed by atoms with E-state index in [-0.39, 0.29) is 11.1 Å². The lowest BCUT2D eigenvalue weighted by atomic mass is 9.66. The molecule has 3 rings (SSSR count). The van der Waals surface area contributed by atoms with Gasteiger partial charge in [0.2, 0.25) is 8.32 Å². The van der Waals surface area contributed by atoms with Gasteiger partial charge in [-0.15, -0.1) is 0 Å². The Labute approximate surface area is 156 Å². The van der Waals surface area contributed by atoms with Gasteiger partial charge in [0.15, 0.2) is 0 Å². The van der Waals surface area contributed by atoms with Crippen molar-refractivity contribution in [3.8, 4) is 0 Å². The maximum absolute atomic E-state index is 6.79. The zero-order valence-corrected chi connectivity index (χ0v) is 18.8. The minimum absolute atomic E-state index is 0.237. The molecule has 0 N–H and O–H groups in total. The van der Waals surface area contributed by atoms with Gasteiger partial charge in [-0.1, -0.05) is 46.3 Å². The zero-order valence-electron chi connectivity index (χ0n) is 17.8. The van der Waals surface area contributed by atoms with Crippen molar-refractivity contribution in [3.05, 3.63) is 23.0 Å². The summed E-state index contributed by atoms with van der Waals surface area (Å²) >= 11 is 0. The molecule has 1 saturated heterocycles. The number of fused-ring (bicyclic) bond motifs is 5. The summed E-state index contributed by atoms with van der Waals surface area (Å²) in [5.41, 5.74) is 2.93. The van der Waals surface area contributed by atoms with Crippen LogP contribution < -0.4 is 0 Å². The van der Waals surface area contributed by atoms with E-state index in [0.717, 1.165) is 12.3 Å². The topological polar surface area (TPSA) is 18.5 Å². The molecular formula is C22H38O2Si. The summed E-state index contributed by atoms with van der Waals surface area (Å²) in [6.45, 7) is 21.0. The smallest absolute Gasteiger partial charge is 0.250 e. The van der Waals surface area contributed by atoms with Gasteiger partial charge in [0.25, 0.3) is 0 Å². The molecule has 2 aliphatic heterocycles. The first-order valence-corrected chi connectivity index (χ1v) is 13.1. The van der Waals surface area contributed by atoms with Crippen molar-refractivity contribution in [1.29, 1.82) is 0 Å². The number of hydrogen-bond donors (Lipinski definition) is 0. The first-order valence-electron chi connectivity index (χ1n) is 10.1. The summed E-state index contributed by atoms with van der Waals surface area (Å²) in [5.74, 6) is 3.91. The predicted molar refractivity (Wildman–Crippen MR) is 108 cm³/mol. The molecule has 0 aromatic carbocycles.